The molecule has 0 aliphatic rings. The van der Waals surface area contributed by atoms with Crippen molar-refractivity contribution in [2.24, 2.45) is 0 Å². The molecule has 0 bridgehead atoms. The molecule has 1 amide bonds. The van der Waals surface area contributed by atoms with Crippen LogP contribution < -0.4 is 10.1 Å². The second-order valence-electron chi connectivity index (χ2n) is 6.22. The molecule has 144 valence electrons. The van der Waals surface area contributed by atoms with E-state index in [1.165, 1.54) is 12.1 Å². The fourth-order valence-electron chi connectivity index (χ4n) is 2.84. The highest BCUT2D eigenvalue weighted by molar-refractivity contribution is 5.92. The summed E-state index contributed by atoms with van der Waals surface area (Å²) in [6.07, 6.45) is 2.40. The summed E-state index contributed by atoms with van der Waals surface area (Å²) in [6, 6.07) is 13.7. The summed E-state index contributed by atoms with van der Waals surface area (Å²) >= 11 is 0. The predicted octanol–water partition coefficient (Wildman–Crippen LogP) is 3.99. The van der Waals surface area contributed by atoms with Gasteiger partial charge in [-0.1, -0.05) is 18.2 Å². The molecule has 3 aromatic rings. The van der Waals surface area contributed by atoms with E-state index in [9.17, 15) is 18.7 Å². The van der Waals surface area contributed by atoms with Crippen molar-refractivity contribution in [1.29, 1.82) is 0 Å². The molecule has 3 aromatic carbocycles. The first kappa shape index (κ1) is 19.5. The van der Waals surface area contributed by atoms with E-state index < -0.39 is 23.6 Å². The van der Waals surface area contributed by atoms with Crippen LogP contribution in [0, 0.1) is 11.6 Å². The smallest absolute Gasteiger partial charge is 0.244 e. The van der Waals surface area contributed by atoms with Crippen molar-refractivity contribution in [3.05, 3.63) is 83.4 Å². The monoisotopic (exact) mass is 383 g/mol. The molecule has 0 saturated heterocycles. The Morgan fingerprint density at radius 2 is 1.89 bits per heavy atom. The Balaban J connectivity index is 1.76. The van der Waals surface area contributed by atoms with Crippen LogP contribution in [0.4, 0.5) is 8.78 Å². The molecular weight excluding hydrogens is 364 g/mol. The molecule has 0 aliphatic carbocycles. The molecule has 0 radical (unpaired) electrons. The Morgan fingerprint density at radius 3 is 2.61 bits per heavy atom. The second kappa shape index (κ2) is 8.63. The van der Waals surface area contributed by atoms with Gasteiger partial charge in [-0.25, -0.2) is 8.78 Å². The maximum atomic E-state index is 13.6. The van der Waals surface area contributed by atoms with Crippen molar-refractivity contribution < 1.29 is 23.4 Å². The largest absolute Gasteiger partial charge is 0.497 e. The highest BCUT2D eigenvalue weighted by Gasteiger charge is 2.13. The van der Waals surface area contributed by atoms with E-state index in [1.54, 1.807) is 7.11 Å². The van der Waals surface area contributed by atoms with Gasteiger partial charge in [0.05, 0.1) is 19.8 Å². The summed E-state index contributed by atoms with van der Waals surface area (Å²) < 4.78 is 31.8. The third-order valence-electron chi connectivity index (χ3n) is 4.35. The van der Waals surface area contributed by atoms with E-state index in [-0.39, 0.29) is 12.2 Å². The lowest BCUT2D eigenvalue weighted by molar-refractivity contribution is -0.117. The average Bonchev–Trinajstić information content (AvgIpc) is 2.70. The van der Waals surface area contributed by atoms with Gasteiger partial charge in [0, 0.05) is 17.7 Å². The highest BCUT2D eigenvalue weighted by Crippen LogP contribution is 2.24. The summed E-state index contributed by atoms with van der Waals surface area (Å²) in [6.45, 7) is -0.306. The molecule has 0 unspecified atom stereocenters. The van der Waals surface area contributed by atoms with Gasteiger partial charge in [-0.2, -0.15) is 0 Å². The van der Waals surface area contributed by atoms with Crippen LogP contribution in [-0.2, 0) is 4.79 Å². The maximum absolute atomic E-state index is 13.6. The molecule has 2 N–H and O–H groups in total. The van der Waals surface area contributed by atoms with Gasteiger partial charge in [0.25, 0.3) is 0 Å². The van der Waals surface area contributed by atoms with Gasteiger partial charge in [-0.15, -0.1) is 0 Å². The van der Waals surface area contributed by atoms with Crippen LogP contribution in [0.2, 0.25) is 0 Å². The molecule has 6 heteroatoms. The predicted molar refractivity (Wildman–Crippen MR) is 104 cm³/mol. The van der Waals surface area contributed by atoms with Gasteiger partial charge in [0.2, 0.25) is 5.91 Å². The number of benzene rings is 3. The molecule has 28 heavy (non-hydrogen) atoms. The number of ether oxygens (including phenoxy) is 1. The lowest BCUT2D eigenvalue weighted by Crippen LogP contribution is -2.29. The fraction of sp³-hybridized carbons (Fsp3) is 0.136. The normalized spacial score (nSPS) is 12.3. The van der Waals surface area contributed by atoms with Gasteiger partial charge in [0.15, 0.2) is 0 Å². The number of amides is 1. The topological polar surface area (TPSA) is 58.6 Å². The summed E-state index contributed by atoms with van der Waals surface area (Å²) in [5.41, 5.74) is 0.813. The highest BCUT2D eigenvalue weighted by atomic mass is 19.1. The third kappa shape index (κ3) is 4.53. The number of methoxy groups -OCH3 is 1. The Labute approximate surface area is 161 Å². The van der Waals surface area contributed by atoms with Crippen LogP contribution in [0.25, 0.3) is 16.8 Å². The zero-order valence-corrected chi connectivity index (χ0v) is 15.2. The van der Waals surface area contributed by atoms with E-state index >= 15 is 0 Å². The van der Waals surface area contributed by atoms with Crippen LogP contribution in [0.3, 0.4) is 0 Å². The molecule has 3 rings (SSSR count). The lowest BCUT2D eigenvalue weighted by Gasteiger charge is -2.16. The minimum atomic E-state index is -0.758. The molecule has 0 spiro atoms. The Hall–Kier alpha value is -3.25. The van der Waals surface area contributed by atoms with Crippen LogP contribution >= 0.6 is 0 Å². The molecule has 4 nitrogen and oxygen atoms in total. The minimum Gasteiger partial charge on any atom is -0.497 e. The van der Waals surface area contributed by atoms with Crippen LogP contribution in [-0.4, -0.2) is 24.7 Å². The fourth-order valence-corrected chi connectivity index (χ4v) is 2.84. The van der Waals surface area contributed by atoms with Crippen LogP contribution in [0.1, 0.15) is 17.2 Å². The molecule has 0 saturated carbocycles. The first-order valence-corrected chi connectivity index (χ1v) is 8.62. The van der Waals surface area contributed by atoms with E-state index in [0.29, 0.717) is 5.75 Å². The number of carbonyl (C=O) groups excluding carboxylic acids is 1. The molecular formula is C22H19F2NO3. The van der Waals surface area contributed by atoms with Gasteiger partial charge in [-0.05, 0) is 52.7 Å². The third-order valence-corrected chi connectivity index (χ3v) is 4.35. The van der Waals surface area contributed by atoms with Gasteiger partial charge < -0.3 is 15.2 Å². The summed E-state index contributed by atoms with van der Waals surface area (Å²) in [5, 5.41) is 14.3. The minimum absolute atomic E-state index is 0.0925. The summed E-state index contributed by atoms with van der Waals surface area (Å²) in [7, 11) is 1.58. The number of hydrogen-bond donors (Lipinski definition) is 2. The van der Waals surface area contributed by atoms with Crippen molar-refractivity contribution in [2.75, 3.05) is 13.7 Å². The van der Waals surface area contributed by atoms with E-state index in [1.807, 2.05) is 36.4 Å². The SMILES string of the molecule is COc1ccc2ccc([C@H](CO)NC(=O)C=Cc3ccc(F)cc3F)cc2c1. The molecule has 0 fully saturated rings. The Kier molecular flexibility index (Phi) is 6.01. The molecule has 1 atom stereocenters. The first-order valence-electron chi connectivity index (χ1n) is 8.62. The number of aliphatic hydroxyl groups excluding tert-OH is 1. The number of nitrogens with one attached hydrogen (secondary N) is 1. The van der Waals surface area contributed by atoms with Gasteiger partial charge in [0.1, 0.15) is 17.4 Å². The van der Waals surface area contributed by atoms with Crippen molar-refractivity contribution in [3.8, 4) is 5.75 Å². The van der Waals surface area contributed by atoms with Crippen molar-refractivity contribution in [3.63, 3.8) is 0 Å². The Bertz CT molecular complexity index is 1030. The van der Waals surface area contributed by atoms with E-state index in [2.05, 4.69) is 5.32 Å². The molecule has 0 aliphatic heterocycles. The van der Waals surface area contributed by atoms with E-state index in [0.717, 1.165) is 34.5 Å². The van der Waals surface area contributed by atoms with Crippen LogP contribution in [0.15, 0.2) is 60.7 Å². The second-order valence-corrected chi connectivity index (χ2v) is 6.22. The quantitative estimate of drug-likeness (QED) is 0.633. The zero-order valence-electron chi connectivity index (χ0n) is 15.2. The number of hydrogen-bond acceptors (Lipinski definition) is 3. The average molecular weight is 383 g/mol. The number of fused-ring (bicyclic) bond motifs is 1. The lowest BCUT2D eigenvalue weighted by atomic mass is 10.0. The maximum Gasteiger partial charge on any atom is 0.244 e. The number of carbonyl (C=O) groups is 1. The number of rotatable bonds is 6. The van der Waals surface area contributed by atoms with Crippen molar-refractivity contribution in [1.82, 2.24) is 5.32 Å². The summed E-state index contributed by atoms with van der Waals surface area (Å²) in [5.74, 6) is -1.24. The van der Waals surface area contributed by atoms with Gasteiger partial charge in [-0.3, -0.25) is 4.79 Å². The number of halogens is 2. The van der Waals surface area contributed by atoms with E-state index in [4.69, 9.17) is 4.74 Å². The van der Waals surface area contributed by atoms with Gasteiger partial charge >= 0.3 is 0 Å². The molecule has 0 heterocycles. The van der Waals surface area contributed by atoms with Crippen LogP contribution in [0.5, 0.6) is 5.75 Å². The van der Waals surface area contributed by atoms with Crippen molar-refractivity contribution >= 4 is 22.8 Å². The Morgan fingerprint density at radius 1 is 1.11 bits per heavy atom. The number of aliphatic hydroxyl groups is 1. The summed E-state index contributed by atoms with van der Waals surface area (Å²) in [4.78, 5) is 12.2. The first-order chi connectivity index (χ1) is 13.5. The van der Waals surface area contributed by atoms with Crippen molar-refractivity contribution in [2.45, 2.75) is 6.04 Å². The molecule has 0 aromatic heterocycles. The standard InChI is InChI=1S/C22H19F2NO3/c1-28-19-8-5-14-2-3-16(10-17(14)11-19)21(13-26)25-22(27)9-6-15-4-7-18(23)12-20(15)24/h2-12,21,26H,13H2,1H3,(H,25,27)/t21-/m0/s1. The zero-order chi connectivity index (χ0) is 20.1.